The number of H-pyrrole nitrogens is 1. The smallest absolute Gasteiger partial charge is 0.246 e. The average molecular weight is 435 g/mol. The maximum atomic E-state index is 13.0. The van der Waals surface area contributed by atoms with Gasteiger partial charge in [-0.2, -0.15) is 5.10 Å². The molecule has 2 aliphatic rings. The van der Waals surface area contributed by atoms with Crippen LogP contribution in [0.1, 0.15) is 11.3 Å². The van der Waals surface area contributed by atoms with Crippen LogP contribution in [0.2, 0.25) is 0 Å². The third kappa shape index (κ3) is 3.84. The number of carbonyl (C=O) groups is 2. The number of rotatable bonds is 6. The zero-order valence-electron chi connectivity index (χ0n) is 17.8. The third-order valence-corrected chi connectivity index (χ3v) is 6.02. The molecule has 10 heteroatoms. The van der Waals surface area contributed by atoms with Crippen molar-refractivity contribution in [2.24, 2.45) is 0 Å². The number of fused-ring (bicyclic) bond motifs is 1. The molecule has 2 N–H and O–H groups in total. The first kappa shape index (κ1) is 20.3. The summed E-state index contributed by atoms with van der Waals surface area (Å²) in [5.74, 6) is 0.606. The third-order valence-electron chi connectivity index (χ3n) is 6.02. The first-order chi connectivity index (χ1) is 15.6. The Labute approximate surface area is 185 Å². The van der Waals surface area contributed by atoms with Crippen molar-refractivity contribution in [3.8, 4) is 11.4 Å². The van der Waals surface area contributed by atoms with E-state index in [1.807, 2.05) is 36.7 Å². The number of nitrogens with one attached hydrogen (secondary N) is 2. The Morgan fingerprint density at radius 2 is 2.06 bits per heavy atom. The van der Waals surface area contributed by atoms with Crippen molar-refractivity contribution < 1.29 is 14.3 Å². The van der Waals surface area contributed by atoms with E-state index in [0.29, 0.717) is 32.6 Å². The van der Waals surface area contributed by atoms with E-state index in [1.54, 1.807) is 29.2 Å². The quantitative estimate of drug-likeness (QED) is 0.579. The molecule has 10 nitrogen and oxygen atoms in total. The van der Waals surface area contributed by atoms with Crippen LogP contribution in [0.5, 0.6) is 5.75 Å². The van der Waals surface area contributed by atoms with Gasteiger partial charge in [0.2, 0.25) is 11.8 Å². The van der Waals surface area contributed by atoms with Crippen LogP contribution in [0.25, 0.3) is 5.69 Å². The number of hydrogen-bond donors (Lipinski definition) is 2. The van der Waals surface area contributed by atoms with Crippen LogP contribution in [0.3, 0.4) is 0 Å². The lowest BCUT2D eigenvalue weighted by atomic mass is 10.0. The van der Waals surface area contributed by atoms with Gasteiger partial charge in [-0.3, -0.25) is 14.5 Å². The molecule has 2 fully saturated rings. The summed E-state index contributed by atoms with van der Waals surface area (Å²) in [6.45, 7) is 2.37. The van der Waals surface area contributed by atoms with Gasteiger partial charge in [0.05, 0.1) is 19.6 Å². The number of amides is 2. The summed E-state index contributed by atoms with van der Waals surface area (Å²) >= 11 is 0. The van der Waals surface area contributed by atoms with Gasteiger partial charge in [0.25, 0.3) is 0 Å². The van der Waals surface area contributed by atoms with Crippen molar-refractivity contribution in [2.45, 2.75) is 25.0 Å². The minimum Gasteiger partial charge on any atom is -0.494 e. The molecule has 0 bridgehead atoms. The number of nitrogens with zero attached hydrogens (tertiary/aromatic N) is 5. The number of imidazole rings is 1. The minimum atomic E-state index is -0.551. The Kier molecular flexibility index (Phi) is 5.36. The maximum absolute atomic E-state index is 13.0. The number of ether oxygens (including phenoxy) is 1. The van der Waals surface area contributed by atoms with Crippen LogP contribution >= 0.6 is 0 Å². The summed E-state index contributed by atoms with van der Waals surface area (Å²) in [5, 5.41) is 7.36. The monoisotopic (exact) mass is 435 g/mol. The van der Waals surface area contributed by atoms with Crippen LogP contribution in [0.4, 0.5) is 0 Å². The van der Waals surface area contributed by atoms with Gasteiger partial charge >= 0.3 is 0 Å². The predicted octanol–water partition coefficient (Wildman–Crippen LogP) is 0.358. The van der Waals surface area contributed by atoms with Crippen molar-refractivity contribution in [3.63, 3.8) is 0 Å². The Morgan fingerprint density at radius 1 is 1.19 bits per heavy atom. The summed E-state index contributed by atoms with van der Waals surface area (Å²) in [6.07, 6.45) is 7.46. The van der Waals surface area contributed by atoms with Crippen LogP contribution in [0, 0.1) is 0 Å². The molecular weight excluding hydrogens is 410 g/mol. The molecule has 0 spiro atoms. The molecule has 5 rings (SSSR count). The summed E-state index contributed by atoms with van der Waals surface area (Å²) in [4.78, 5) is 36.6. The number of hydrogen-bond acceptors (Lipinski definition) is 6. The van der Waals surface area contributed by atoms with Crippen LogP contribution in [0.15, 0.2) is 49.2 Å². The van der Waals surface area contributed by atoms with E-state index >= 15 is 0 Å². The summed E-state index contributed by atoms with van der Waals surface area (Å²) in [7, 11) is 1.64. The van der Waals surface area contributed by atoms with E-state index in [0.717, 1.165) is 22.7 Å². The van der Waals surface area contributed by atoms with E-state index in [1.165, 1.54) is 0 Å². The van der Waals surface area contributed by atoms with Crippen molar-refractivity contribution in [2.75, 3.05) is 26.7 Å². The standard InChI is InChI=1S/C22H25N7O3/c1-32-20-5-3-2-4-18(20)29-12-15(9-25-29)11-27-6-7-28-19(13-27)21(30)26-17(22(28)31)8-16-10-23-14-24-16/h2-5,9-10,12,14,17,19H,6-8,11,13H2,1H3,(H,23,24)(H,26,30)/t17-,19+/m0/s1. The van der Waals surface area contributed by atoms with Crippen LogP contribution in [-0.4, -0.2) is 80.2 Å². The lowest BCUT2D eigenvalue weighted by molar-refractivity contribution is -0.153. The minimum absolute atomic E-state index is 0.0344. The second-order valence-corrected chi connectivity index (χ2v) is 8.09. The molecule has 2 aromatic heterocycles. The molecule has 0 saturated carbocycles. The molecule has 4 heterocycles. The molecule has 2 atom stereocenters. The largest absolute Gasteiger partial charge is 0.494 e. The number of methoxy groups -OCH3 is 1. The summed E-state index contributed by atoms with van der Waals surface area (Å²) in [6, 6.07) is 6.68. The number of benzene rings is 1. The van der Waals surface area contributed by atoms with E-state index in [4.69, 9.17) is 4.74 Å². The van der Waals surface area contributed by atoms with Crippen LogP contribution in [-0.2, 0) is 22.6 Å². The fraction of sp³-hybridized carbons (Fsp3) is 0.364. The van der Waals surface area contributed by atoms with Crippen LogP contribution < -0.4 is 10.1 Å². The highest BCUT2D eigenvalue weighted by molar-refractivity contribution is 5.97. The van der Waals surface area contributed by atoms with E-state index in [9.17, 15) is 9.59 Å². The normalized spacial score (nSPS) is 21.3. The first-order valence-electron chi connectivity index (χ1n) is 10.6. The molecule has 2 saturated heterocycles. The Hall–Kier alpha value is -3.66. The summed E-state index contributed by atoms with van der Waals surface area (Å²) in [5.41, 5.74) is 2.73. The van der Waals surface area contributed by atoms with Gasteiger partial charge in [-0.25, -0.2) is 9.67 Å². The molecule has 32 heavy (non-hydrogen) atoms. The molecule has 3 aromatic rings. The Bertz CT molecular complexity index is 1110. The number of para-hydroxylation sites is 2. The van der Waals surface area contributed by atoms with E-state index in [2.05, 4.69) is 25.3 Å². The Balaban J connectivity index is 1.24. The molecular formula is C22H25N7O3. The molecule has 1 aromatic carbocycles. The van der Waals surface area contributed by atoms with E-state index in [-0.39, 0.29) is 11.8 Å². The van der Waals surface area contributed by atoms with Crippen molar-refractivity contribution >= 4 is 11.8 Å². The average Bonchev–Trinajstić information content (AvgIpc) is 3.49. The molecule has 2 aliphatic heterocycles. The zero-order chi connectivity index (χ0) is 22.1. The van der Waals surface area contributed by atoms with Gasteiger partial charge in [0, 0.05) is 56.3 Å². The maximum Gasteiger partial charge on any atom is 0.246 e. The molecule has 0 unspecified atom stereocenters. The number of piperazine rings is 2. The SMILES string of the molecule is COc1ccccc1-n1cc(CN2CCN3C(=O)[C@H](Cc4cnc[nH]4)NC(=O)[C@H]3C2)cn1. The fourth-order valence-corrected chi connectivity index (χ4v) is 4.41. The number of aromatic nitrogens is 4. The second-order valence-electron chi connectivity index (χ2n) is 8.09. The van der Waals surface area contributed by atoms with Gasteiger partial charge in [-0.05, 0) is 12.1 Å². The highest BCUT2D eigenvalue weighted by Gasteiger charge is 2.43. The van der Waals surface area contributed by atoms with Gasteiger partial charge < -0.3 is 19.9 Å². The fourth-order valence-electron chi connectivity index (χ4n) is 4.41. The van der Waals surface area contributed by atoms with Crippen molar-refractivity contribution in [1.82, 2.24) is 34.9 Å². The van der Waals surface area contributed by atoms with E-state index < -0.39 is 12.1 Å². The zero-order valence-corrected chi connectivity index (χ0v) is 17.8. The molecule has 166 valence electrons. The van der Waals surface area contributed by atoms with Gasteiger partial charge in [-0.15, -0.1) is 0 Å². The van der Waals surface area contributed by atoms with Gasteiger partial charge in [0.15, 0.2) is 0 Å². The number of aromatic amines is 1. The predicted molar refractivity (Wildman–Crippen MR) is 115 cm³/mol. The molecule has 0 radical (unpaired) electrons. The van der Waals surface area contributed by atoms with Gasteiger partial charge in [-0.1, -0.05) is 12.1 Å². The van der Waals surface area contributed by atoms with Crippen molar-refractivity contribution in [1.29, 1.82) is 0 Å². The van der Waals surface area contributed by atoms with Crippen molar-refractivity contribution in [3.05, 3.63) is 60.4 Å². The lowest BCUT2D eigenvalue weighted by Crippen LogP contribution is -2.69. The topological polar surface area (TPSA) is 108 Å². The molecule has 2 amide bonds. The Morgan fingerprint density at radius 3 is 2.88 bits per heavy atom. The molecule has 0 aliphatic carbocycles. The first-order valence-corrected chi connectivity index (χ1v) is 10.6. The highest BCUT2D eigenvalue weighted by atomic mass is 16.5. The lowest BCUT2D eigenvalue weighted by Gasteiger charge is -2.45. The number of carbonyl (C=O) groups excluding carboxylic acids is 2. The highest BCUT2D eigenvalue weighted by Crippen LogP contribution is 2.23. The second kappa shape index (κ2) is 8.46. The summed E-state index contributed by atoms with van der Waals surface area (Å²) < 4.78 is 7.22. The van der Waals surface area contributed by atoms with Gasteiger partial charge in [0.1, 0.15) is 23.5 Å².